The number of aliphatic hydroxyl groups excluding tert-OH is 1. The van der Waals surface area contributed by atoms with Crippen molar-refractivity contribution in [3.63, 3.8) is 0 Å². The SMILES string of the molecule is CCCCCCCCCCCCC(O)[C@H]1C=CC(=O)O1. The summed E-state index contributed by atoms with van der Waals surface area (Å²) >= 11 is 0. The second kappa shape index (κ2) is 10.9. The molecule has 0 aromatic rings. The third-order valence-electron chi connectivity index (χ3n) is 3.91. The van der Waals surface area contributed by atoms with Gasteiger partial charge in [0, 0.05) is 6.08 Å². The quantitative estimate of drug-likeness (QED) is 0.432. The Morgan fingerprint density at radius 1 is 1.05 bits per heavy atom. The van der Waals surface area contributed by atoms with Crippen molar-refractivity contribution >= 4 is 5.97 Å². The first-order chi connectivity index (χ1) is 9.74. The van der Waals surface area contributed by atoms with Gasteiger partial charge in [-0.3, -0.25) is 0 Å². The van der Waals surface area contributed by atoms with Crippen LogP contribution in [0.2, 0.25) is 0 Å². The molecule has 3 heteroatoms. The zero-order chi connectivity index (χ0) is 14.6. The molecule has 1 heterocycles. The summed E-state index contributed by atoms with van der Waals surface area (Å²) in [6.45, 7) is 2.25. The van der Waals surface area contributed by atoms with Gasteiger partial charge in [-0.05, 0) is 12.5 Å². The Labute approximate surface area is 123 Å². The Morgan fingerprint density at radius 2 is 1.60 bits per heavy atom. The Kier molecular flexibility index (Phi) is 9.38. The first kappa shape index (κ1) is 17.2. The fraction of sp³-hybridized carbons (Fsp3) is 0.824. The molecule has 116 valence electrons. The van der Waals surface area contributed by atoms with Gasteiger partial charge in [0.25, 0.3) is 0 Å². The number of hydrogen-bond donors (Lipinski definition) is 1. The van der Waals surface area contributed by atoms with E-state index in [1.807, 2.05) is 0 Å². The highest BCUT2D eigenvalue weighted by atomic mass is 16.6. The summed E-state index contributed by atoms with van der Waals surface area (Å²) in [6, 6.07) is 0. The van der Waals surface area contributed by atoms with Crippen molar-refractivity contribution in [1.29, 1.82) is 0 Å². The van der Waals surface area contributed by atoms with Crippen LogP contribution in [0.1, 0.15) is 77.6 Å². The van der Waals surface area contributed by atoms with Crippen LogP contribution in [-0.2, 0) is 9.53 Å². The van der Waals surface area contributed by atoms with E-state index in [2.05, 4.69) is 6.92 Å². The van der Waals surface area contributed by atoms with Crippen molar-refractivity contribution < 1.29 is 14.6 Å². The van der Waals surface area contributed by atoms with Crippen molar-refractivity contribution in [2.45, 2.75) is 89.8 Å². The Balaban J connectivity index is 1.85. The van der Waals surface area contributed by atoms with Crippen LogP contribution in [0.3, 0.4) is 0 Å². The van der Waals surface area contributed by atoms with Crippen LogP contribution in [-0.4, -0.2) is 23.3 Å². The average molecular weight is 282 g/mol. The Hall–Kier alpha value is -0.830. The molecule has 0 aromatic carbocycles. The van der Waals surface area contributed by atoms with Crippen molar-refractivity contribution in [1.82, 2.24) is 0 Å². The van der Waals surface area contributed by atoms with Crippen molar-refractivity contribution in [2.24, 2.45) is 0 Å². The van der Waals surface area contributed by atoms with Gasteiger partial charge < -0.3 is 9.84 Å². The largest absolute Gasteiger partial charge is 0.452 e. The number of esters is 1. The van der Waals surface area contributed by atoms with Crippen LogP contribution in [0.5, 0.6) is 0 Å². The van der Waals surface area contributed by atoms with E-state index >= 15 is 0 Å². The average Bonchev–Trinajstić information content (AvgIpc) is 2.87. The van der Waals surface area contributed by atoms with E-state index in [1.165, 1.54) is 57.4 Å². The third kappa shape index (κ3) is 7.68. The smallest absolute Gasteiger partial charge is 0.331 e. The lowest BCUT2D eigenvalue weighted by Gasteiger charge is -2.15. The lowest BCUT2D eigenvalue weighted by atomic mass is 10.0. The van der Waals surface area contributed by atoms with E-state index in [0.29, 0.717) is 0 Å². The summed E-state index contributed by atoms with van der Waals surface area (Å²) in [6.07, 6.45) is 15.7. The summed E-state index contributed by atoms with van der Waals surface area (Å²) in [5, 5.41) is 9.86. The number of ether oxygens (including phenoxy) is 1. The molecule has 1 aliphatic rings. The molecule has 0 fully saturated rings. The maximum Gasteiger partial charge on any atom is 0.331 e. The Bertz CT molecular complexity index is 286. The standard InChI is InChI=1S/C17H30O3/c1-2-3-4-5-6-7-8-9-10-11-12-15(18)16-13-14-17(19)20-16/h13-16,18H,2-12H2,1H3/t15?,16-/m1/s1. The fourth-order valence-corrected chi connectivity index (χ4v) is 2.60. The zero-order valence-corrected chi connectivity index (χ0v) is 12.9. The predicted molar refractivity (Wildman–Crippen MR) is 81.5 cm³/mol. The van der Waals surface area contributed by atoms with Gasteiger partial charge in [-0.2, -0.15) is 0 Å². The molecule has 0 saturated carbocycles. The minimum Gasteiger partial charge on any atom is -0.452 e. The molecule has 3 nitrogen and oxygen atoms in total. The summed E-state index contributed by atoms with van der Waals surface area (Å²) in [5.41, 5.74) is 0. The second-order valence-electron chi connectivity index (χ2n) is 5.80. The summed E-state index contributed by atoms with van der Waals surface area (Å²) in [5.74, 6) is -0.336. The summed E-state index contributed by atoms with van der Waals surface area (Å²) in [4.78, 5) is 10.9. The number of carbonyl (C=O) groups is 1. The lowest BCUT2D eigenvalue weighted by Crippen LogP contribution is -2.25. The van der Waals surface area contributed by atoms with Crippen LogP contribution in [0.15, 0.2) is 12.2 Å². The molecule has 0 aliphatic carbocycles. The predicted octanol–water partition coefficient (Wildman–Crippen LogP) is 4.14. The maximum absolute atomic E-state index is 10.9. The van der Waals surface area contributed by atoms with Crippen molar-refractivity contribution in [2.75, 3.05) is 0 Å². The first-order valence-corrected chi connectivity index (χ1v) is 8.31. The zero-order valence-electron chi connectivity index (χ0n) is 12.9. The normalized spacial score (nSPS) is 19.3. The summed E-state index contributed by atoms with van der Waals surface area (Å²) in [7, 11) is 0. The van der Waals surface area contributed by atoms with Gasteiger partial charge in [-0.15, -0.1) is 0 Å². The molecule has 0 saturated heterocycles. The van der Waals surface area contributed by atoms with Crippen LogP contribution < -0.4 is 0 Å². The number of aliphatic hydroxyl groups is 1. The number of hydrogen-bond acceptors (Lipinski definition) is 3. The van der Waals surface area contributed by atoms with E-state index in [4.69, 9.17) is 4.74 Å². The Morgan fingerprint density at radius 3 is 2.10 bits per heavy atom. The molecule has 20 heavy (non-hydrogen) atoms. The second-order valence-corrected chi connectivity index (χ2v) is 5.80. The van der Waals surface area contributed by atoms with E-state index in [1.54, 1.807) is 6.08 Å². The fourth-order valence-electron chi connectivity index (χ4n) is 2.60. The molecule has 1 rings (SSSR count). The van der Waals surface area contributed by atoms with Crippen LogP contribution in [0.4, 0.5) is 0 Å². The molecule has 0 radical (unpaired) electrons. The lowest BCUT2D eigenvalue weighted by molar-refractivity contribution is -0.142. The molecule has 0 amide bonds. The van der Waals surface area contributed by atoms with E-state index in [0.717, 1.165) is 19.3 Å². The molecule has 2 atom stereocenters. The van der Waals surface area contributed by atoms with Crippen LogP contribution in [0.25, 0.3) is 0 Å². The van der Waals surface area contributed by atoms with Gasteiger partial charge in [-0.1, -0.05) is 71.1 Å². The highest BCUT2D eigenvalue weighted by Crippen LogP contribution is 2.16. The molecule has 1 aliphatic heterocycles. The third-order valence-corrected chi connectivity index (χ3v) is 3.91. The molecule has 0 bridgehead atoms. The molecular formula is C17H30O3. The highest BCUT2D eigenvalue weighted by molar-refractivity contribution is 5.84. The molecule has 0 aromatic heterocycles. The van der Waals surface area contributed by atoms with E-state index < -0.39 is 12.2 Å². The van der Waals surface area contributed by atoms with Gasteiger partial charge in [-0.25, -0.2) is 4.79 Å². The van der Waals surface area contributed by atoms with E-state index in [9.17, 15) is 9.90 Å². The summed E-state index contributed by atoms with van der Waals surface area (Å²) < 4.78 is 4.97. The van der Waals surface area contributed by atoms with Gasteiger partial charge in [0.2, 0.25) is 0 Å². The number of rotatable bonds is 12. The van der Waals surface area contributed by atoms with Gasteiger partial charge in [0.15, 0.2) is 0 Å². The van der Waals surface area contributed by atoms with Gasteiger partial charge >= 0.3 is 5.97 Å². The number of carbonyl (C=O) groups excluding carboxylic acids is 1. The topological polar surface area (TPSA) is 46.5 Å². The van der Waals surface area contributed by atoms with Gasteiger partial charge in [0.1, 0.15) is 6.10 Å². The first-order valence-electron chi connectivity index (χ1n) is 8.31. The molecule has 0 spiro atoms. The molecule has 1 unspecified atom stereocenters. The number of cyclic esters (lactones) is 1. The van der Waals surface area contributed by atoms with Crippen LogP contribution >= 0.6 is 0 Å². The van der Waals surface area contributed by atoms with Crippen molar-refractivity contribution in [3.8, 4) is 0 Å². The molecule has 1 N–H and O–H groups in total. The monoisotopic (exact) mass is 282 g/mol. The maximum atomic E-state index is 10.9. The molecular weight excluding hydrogens is 252 g/mol. The van der Waals surface area contributed by atoms with Gasteiger partial charge in [0.05, 0.1) is 6.10 Å². The van der Waals surface area contributed by atoms with Crippen LogP contribution in [0, 0.1) is 0 Å². The number of unbranched alkanes of at least 4 members (excludes halogenated alkanes) is 9. The van der Waals surface area contributed by atoms with Crippen molar-refractivity contribution in [3.05, 3.63) is 12.2 Å². The van der Waals surface area contributed by atoms with E-state index in [-0.39, 0.29) is 5.97 Å². The minimum atomic E-state index is -0.535. The highest BCUT2D eigenvalue weighted by Gasteiger charge is 2.23. The minimum absolute atomic E-state index is 0.336.